The number of rotatable bonds is 5. The van der Waals surface area contributed by atoms with Crippen LogP contribution in [0.5, 0.6) is 0 Å². The molecule has 0 radical (unpaired) electrons. The number of sulfonamides is 1. The second-order valence-corrected chi connectivity index (χ2v) is 5.70. The fraction of sp³-hybridized carbons (Fsp3) is 0.300. The van der Waals surface area contributed by atoms with Crippen molar-refractivity contribution in [2.75, 3.05) is 19.4 Å². The number of esters is 1. The van der Waals surface area contributed by atoms with Crippen molar-refractivity contribution in [3.63, 3.8) is 0 Å². The summed E-state index contributed by atoms with van der Waals surface area (Å²) in [6, 6.07) is 3.50. The van der Waals surface area contributed by atoms with Crippen LogP contribution in [0.15, 0.2) is 18.2 Å². The number of hydrogen-bond acceptors (Lipinski definition) is 4. The van der Waals surface area contributed by atoms with Gasteiger partial charge in [-0.2, -0.15) is 0 Å². The summed E-state index contributed by atoms with van der Waals surface area (Å²) in [7, 11) is -3.34. The van der Waals surface area contributed by atoms with Gasteiger partial charge in [-0.05, 0) is 18.2 Å². The van der Waals surface area contributed by atoms with Crippen LogP contribution in [0.4, 0.5) is 4.39 Å². The van der Waals surface area contributed by atoms with Crippen LogP contribution >= 0.6 is 11.6 Å². The second kappa shape index (κ2) is 6.12. The second-order valence-electron chi connectivity index (χ2n) is 3.43. The highest BCUT2D eigenvalue weighted by atomic mass is 35.5. The molecule has 5 nitrogen and oxygen atoms in total. The van der Waals surface area contributed by atoms with E-state index in [1.54, 1.807) is 0 Å². The smallest absolute Gasteiger partial charge is 0.341 e. The van der Waals surface area contributed by atoms with Crippen LogP contribution in [-0.4, -0.2) is 33.8 Å². The van der Waals surface area contributed by atoms with Crippen LogP contribution in [-0.2, 0) is 14.8 Å². The Balaban J connectivity index is 2.53. The van der Waals surface area contributed by atoms with Gasteiger partial charge < -0.3 is 4.74 Å². The van der Waals surface area contributed by atoms with E-state index in [4.69, 9.17) is 16.3 Å². The molecule has 0 aliphatic carbocycles. The lowest BCUT2D eigenvalue weighted by Crippen LogP contribution is -2.27. The number of carbonyl (C=O) groups excluding carboxylic acids is 1. The molecule has 0 aliphatic heterocycles. The van der Waals surface area contributed by atoms with Crippen LogP contribution in [0.25, 0.3) is 0 Å². The molecule has 0 saturated carbocycles. The molecule has 1 N–H and O–H groups in total. The molecule has 0 aromatic heterocycles. The van der Waals surface area contributed by atoms with Gasteiger partial charge in [-0.1, -0.05) is 11.6 Å². The topological polar surface area (TPSA) is 72.5 Å². The van der Waals surface area contributed by atoms with Gasteiger partial charge in [-0.25, -0.2) is 22.3 Å². The van der Waals surface area contributed by atoms with Gasteiger partial charge in [-0.15, -0.1) is 0 Å². The zero-order valence-electron chi connectivity index (χ0n) is 9.44. The first kappa shape index (κ1) is 14.9. The molecule has 0 aliphatic rings. The van der Waals surface area contributed by atoms with Crippen LogP contribution in [0.3, 0.4) is 0 Å². The van der Waals surface area contributed by atoms with Crippen molar-refractivity contribution in [1.29, 1.82) is 0 Å². The molecule has 0 amide bonds. The lowest BCUT2D eigenvalue weighted by molar-refractivity contribution is 0.0508. The SMILES string of the molecule is CS(=O)(=O)NCCOC(=O)c1cc(Cl)ccc1F. The zero-order valence-corrected chi connectivity index (χ0v) is 11.0. The molecule has 0 saturated heterocycles. The number of nitrogens with one attached hydrogen (secondary N) is 1. The Morgan fingerprint density at radius 3 is 2.78 bits per heavy atom. The summed E-state index contributed by atoms with van der Waals surface area (Å²) in [6.07, 6.45) is 0.978. The zero-order chi connectivity index (χ0) is 13.8. The maximum absolute atomic E-state index is 13.2. The van der Waals surface area contributed by atoms with E-state index in [9.17, 15) is 17.6 Å². The molecule has 1 aromatic carbocycles. The third-order valence-electron chi connectivity index (χ3n) is 1.85. The third kappa shape index (κ3) is 4.99. The van der Waals surface area contributed by atoms with E-state index in [2.05, 4.69) is 4.72 Å². The van der Waals surface area contributed by atoms with Crippen LogP contribution < -0.4 is 4.72 Å². The van der Waals surface area contributed by atoms with Crippen molar-refractivity contribution in [2.24, 2.45) is 0 Å². The quantitative estimate of drug-likeness (QED) is 0.654. The normalized spacial score (nSPS) is 11.3. The summed E-state index contributed by atoms with van der Waals surface area (Å²) in [5.41, 5.74) is -0.290. The molecule has 0 fully saturated rings. The van der Waals surface area contributed by atoms with Gasteiger partial charge in [0.25, 0.3) is 0 Å². The number of hydrogen-bond donors (Lipinski definition) is 1. The monoisotopic (exact) mass is 295 g/mol. The summed E-state index contributed by atoms with van der Waals surface area (Å²) < 4.78 is 41.5. The van der Waals surface area contributed by atoms with Gasteiger partial charge in [0.1, 0.15) is 12.4 Å². The number of halogens is 2. The van der Waals surface area contributed by atoms with Gasteiger partial charge >= 0.3 is 5.97 Å². The summed E-state index contributed by atoms with van der Waals surface area (Å²) in [6.45, 7) is -0.273. The predicted molar refractivity (Wildman–Crippen MR) is 64.5 cm³/mol. The summed E-state index contributed by atoms with van der Waals surface area (Å²) in [5, 5.41) is 0.206. The molecule has 1 rings (SSSR count). The highest BCUT2D eigenvalue weighted by Gasteiger charge is 2.13. The highest BCUT2D eigenvalue weighted by Crippen LogP contribution is 2.15. The minimum Gasteiger partial charge on any atom is -0.461 e. The van der Waals surface area contributed by atoms with Crippen molar-refractivity contribution < 1.29 is 22.3 Å². The van der Waals surface area contributed by atoms with Gasteiger partial charge in [0.2, 0.25) is 10.0 Å². The van der Waals surface area contributed by atoms with E-state index < -0.39 is 21.8 Å². The average Bonchev–Trinajstić information content (AvgIpc) is 2.26. The van der Waals surface area contributed by atoms with E-state index in [0.717, 1.165) is 18.4 Å². The van der Waals surface area contributed by atoms with Crippen molar-refractivity contribution >= 4 is 27.6 Å². The van der Waals surface area contributed by atoms with Crippen LogP contribution in [0.2, 0.25) is 5.02 Å². The van der Waals surface area contributed by atoms with Gasteiger partial charge in [0, 0.05) is 11.6 Å². The minimum atomic E-state index is -3.34. The molecular weight excluding hydrogens is 285 g/mol. The van der Waals surface area contributed by atoms with Gasteiger partial charge in [-0.3, -0.25) is 0 Å². The first-order valence-electron chi connectivity index (χ1n) is 4.86. The molecule has 100 valence electrons. The highest BCUT2D eigenvalue weighted by molar-refractivity contribution is 7.88. The molecule has 0 unspecified atom stereocenters. The molecule has 0 heterocycles. The van der Waals surface area contributed by atoms with E-state index in [-0.39, 0.29) is 23.7 Å². The summed E-state index contributed by atoms with van der Waals surface area (Å²) in [4.78, 5) is 11.4. The summed E-state index contributed by atoms with van der Waals surface area (Å²) in [5.74, 6) is -1.65. The Morgan fingerprint density at radius 1 is 1.50 bits per heavy atom. The Labute approximate surface area is 109 Å². The summed E-state index contributed by atoms with van der Waals surface area (Å²) >= 11 is 5.62. The number of ether oxygens (including phenoxy) is 1. The standard InChI is InChI=1S/C10H11ClFNO4S/c1-18(15,16)13-4-5-17-10(14)8-6-7(11)2-3-9(8)12/h2-3,6,13H,4-5H2,1H3. The Kier molecular flexibility index (Phi) is 5.06. The molecule has 0 bridgehead atoms. The van der Waals surface area contributed by atoms with Crippen molar-refractivity contribution in [1.82, 2.24) is 4.72 Å². The lowest BCUT2D eigenvalue weighted by atomic mass is 10.2. The predicted octanol–water partition coefficient (Wildman–Crippen LogP) is 1.19. The van der Waals surface area contributed by atoms with Crippen LogP contribution in [0.1, 0.15) is 10.4 Å². The number of benzene rings is 1. The lowest BCUT2D eigenvalue weighted by Gasteiger charge is -2.06. The van der Waals surface area contributed by atoms with E-state index in [0.29, 0.717) is 0 Å². The Bertz CT molecular complexity index is 547. The average molecular weight is 296 g/mol. The van der Waals surface area contributed by atoms with E-state index >= 15 is 0 Å². The largest absolute Gasteiger partial charge is 0.461 e. The minimum absolute atomic E-state index is 0.0766. The van der Waals surface area contributed by atoms with Gasteiger partial charge in [0.15, 0.2) is 0 Å². The molecular formula is C10H11ClFNO4S. The third-order valence-corrected chi connectivity index (χ3v) is 2.81. The first-order valence-corrected chi connectivity index (χ1v) is 7.13. The molecule has 1 aromatic rings. The fourth-order valence-corrected chi connectivity index (χ4v) is 1.73. The molecule has 18 heavy (non-hydrogen) atoms. The Morgan fingerprint density at radius 2 is 2.17 bits per heavy atom. The van der Waals surface area contributed by atoms with Crippen LogP contribution in [0, 0.1) is 5.82 Å². The number of carbonyl (C=O) groups is 1. The van der Waals surface area contributed by atoms with Gasteiger partial charge in [0.05, 0.1) is 11.8 Å². The Hall–Kier alpha value is -1.18. The van der Waals surface area contributed by atoms with E-state index in [1.807, 2.05) is 0 Å². The fourth-order valence-electron chi connectivity index (χ4n) is 1.10. The van der Waals surface area contributed by atoms with Crippen molar-refractivity contribution in [3.05, 3.63) is 34.6 Å². The maximum atomic E-state index is 13.2. The molecule has 0 atom stereocenters. The molecule has 8 heteroatoms. The van der Waals surface area contributed by atoms with E-state index in [1.165, 1.54) is 6.07 Å². The van der Waals surface area contributed by atoms with Crippen molar-refractivity contribution in [2.45, 2.75) is 0 Å². The maximum Gasteiger partial charge on any atom is 0.341 e. The first-order chi connectivity index (χ1) is 8.29. The molecule has 0 spiro atoms. The van der Waals surface area contributed by atoms with Crippen molar-refractivity contribution in [3.8, 4) is 0 Å².